The Labute approximate surface area is 182 Å². The van der Waals surface area contributed by atoms with Crippen LogP contribution in [0, 0.1) is 0 Å². The standard InChI is InChI=1S/C23H29NO7/c1-26-18-7-5-6-8-19(18)31-15-17-14-24(9-10-30-17)22(25)13-16-11-20(27-2)23(29-4)21(12-16)28-3/h5-8,11-12,17H,9-10,13-15H2,1-4H3/t17-/m1/s1. The van der Waals surface area contributed by atoms with Crippen LogP contribution in [0.15, 0.2) is 36.4 Å². The van der Waals surface area contributed by atoms with E-state index in [1.165, 1.54) is 0 Å². The molecule has 2 aromatic carbocycles. The van der Waals surface area contributed by atoms with Gasteiger partial charge in [-0.3, -0.25) is 4.79 Å². The van der Waals surface area contributed by atoms with Crippen molar-refractivity contribution in [1.82, 2.24) is 4.90 Å². The van der Waals surface area contributed by atoms with Crippen LogP contribution in [0.2, 0.25) is 0 Å². The van der Waals surface area contributed by atoms with Gasteiger partial charge in [0.25, 0.3) is 0 Å². The summed E-state index contributed by atoms with van der Waals surface area (Å²) in [6, 6.07) is 11.0. The molecule has 0 aromatic heterocycles. The van der Waals surface area contributed by atoms with Gasteiger partial charge in [0.05, 0.1) is 48.0 Å². The summed E-state index contributed by atoms with van der Waals surface area (Å²) >= 11 is 0. The maximum Gasteiger partial charge on any atom is 0.227 e. The summed E-state index contributed by atoms with van der Waals surface area (Å²) < 4.78 is 33.1. The van der Waals surface area contributed by atoms with Crippen molar-refractivity contribution in [1.29, 1.82) is 0 Å². The zero-order valence-electron chi connectivity index (χ0n) is 18.4. The van der Waals surface area contributed by atoms with Crippen molar-refractivity contribution in [2.75, 3.05) is 54.7 Å². The molecule has 2 aromatic rings. The Morgan fingerprint density at radius 2 is 1.61 bits per heavy atom. The molecule has 1 fully saturated rings. The van der Waals surface area contributed by atoms with E-state index < -0.39 is 0 Å². The zero-order chi connectivity index (χ0) is 22.2. The number of rotatable bonds is 9. The highest BCUT2D eigenvalue weighted by atomic mass is 16.5. The van der Waals surface area contributed by atoms with Crippen molar-refractivity contribution < 1.29 is 33.2 Å². The minimum absolute atomic E-state index is 0.000125. The van der Waals surface area contributed by atoms with E-state index in [1.807, 2.05) is 24.3 Å². The average molecular weight is 431 g/mol. The molecule has 1 aliphatic heterocycles. The Kier molecular flexibility index (Phi) is 7.83. The molecular formula is C23H29NO7. The molecule has 0 saturated carbocycles. The van der Waals surface area contributed by atoms with Crippen LogP contribution in [0.5, 0.6) is 28.7 Å². The molecule has 1 aliphatic rings. The molecule has 1 saturated heterocycles. The number of carbonyl (C=O) groups is 1. The van der Waals surface area contributed by atoms with Crippen molar-refractivity contribution in [3.8, 4) is 28.7 Å². The highest BCUT2D eigenvalue weighted by Crippen LogP contribution is 2.38. The van der Waals surface area contributed by atoms with E-state index in [9.17, 15) is 4.79 Å². The lowest BCUT2D eigenvalue weighted by Crippen LogP contribution is -2.48. The monoisotopic (exact) mass is 431 g/mol. The van der Waals surface area contributed by atoms with Crippen LogP contribution in [0.1, 0.15) is 5.56 Å². The first kappa shape index (κ1) is 22.6. The number of ether oxygens (including phenoxy) is 6. The Balaban J connectivity index is 1.62. The Bertz CT molecular complexity index is 861. The van der Waals surface area contributed by atoms with Crippen LogP contribution in [-0.2, 0) is 16.0 Å². The fourth-order valence-electron chi connectivity index (χ4n) is 3.49. The first-order chi connectivity index (χ1) is 15.1. The second kappa shape index (κ2) is 10.8. The number of morpholine rings is 1. The number of benzene rings is 2. The maximum atomic E-state index is 12.9. The normalized spacial score (nSPS) is 15.9. The van der Waals surface area contributed by atoms with Crippen LogP contribution in [0.3, 0.4) is 0 Å². The van der Waals surface area contributed by atoms with Gasteiger partial charge in [0.15, 0.2) is 23.0 Å². The van der Waals surface area contributed by atoms with Gasteiger partial charge in [0.1, 0.15) is 12.7 Å². The van der Waals surface area contributed by atoms with Crippen molar-refractivity contribution in [3.05, 3.63) is 42.0 Å². The van der Waals surface area contributed by atoms with Crippen molar-refractivity contribution >= 4 is 5.91 Å². The van der Waals surface area contributed by atoms with Gasteiger partial charge in [-0.05, 0) is 29.8 Å². The average Bonchev–Trinajstić information content (AvgIpc) is 2.82. The highest BCUT2D eigenvalue weighted by molar-refractivity contribution is 5.79. The van der Waals surface area contributed by atoms with Crippen LogP contribution >= 0.6 is 0 Å². The first-order valence-corrected chi connectivity index (χ1v) is 10.0. The quantitative estimate of drug-likeness (QED) is 0.604. The smallest absolute Gasteiger partial charge is 0.227 e. The summed E-state index contributed by atoms with van der Waals surface area (Å²) in [4.78, 5) is 14.7. The molecule has 0 radical (unpaired) electrons. The lowest BCUT2D eigenvalue weighted by molar-refractivity contribution is -0.139. The molecule has 8 heteroatoms. The predicted octanol–water partition coefficient (Wildman–Crippen LogP) is 2.57. The Hall–Kier alpha value is -3.13. The fourth-order valence-corrected chi connectivity index (χ4v) is 3.49. The molecule has 0 N–H and O–H groups in total. The summed E-state index contributed by atoms with van der Waals surface area (Å²) in [5.41, 5.74) is 0.785. The SMILES string of the molecule is COc1ccccc1OC[C@H]1CN(C(=O)Cc2cc(OC)c(OC)c(OC)c2)CCO1. The van der Waals surface area contributed by atoms with E-state index >= 15 is 0 Å². The van der Waals surface area contributed by atoms with E-state index in [-0.39, 0.29) is 18.4 Å². The van der Waals surface area contributed by atoms with Crippen LogP contribution < -0.4 is 23.7 Å². The summed E-state index contributed by atoms with van der Waals surface area (Å²) in [5, 5.41) is 0. The van der Waals surface area contributed by atoms with Gasteiger partial charge in [0, 0.05) is 6.54 Å². The minimum Gasteiger partial charge on any atom is -0.493 e. The van der Waals surface area contributed by atoms with Crippen LogP contribution in [0.4, 0.5) is 0 Å². The van der Waals surface area contributed by atoms with Crippen molar-refractivity contribution in [3.63, 3.8) is 0 Å². The summed E-state index contributed by atoms with van der Waals surface area (Å²) in [7, 11) is 6.25. The molecule has 1 heterocycles. The summed E-state index contributed by atoms with van der Waals surface area (Å²) in [6.07, 6.45) is -0.000812. The molecule has 1 atom stereocenters. The third-order valence-electron chi connectivity index (χ3n) is 5.07. The second-order valence-electron chi connectivity index (χ2n) is 7.00. The highest BCUT2D eigenvalue weighted by Gasteiger charge is 2.26. The molecule has 0 unspecified atom stereocenters. The molecule has 0 spiro atoms. The number of para-hydroxylation sites is 2. The molecular weight excluding hydrogens is 402 g/mol. The van der Waals surface area contributed by atoms with Gasteiger partial charge in [-0.25, -0.2) is 0 Å². The number of hydrogen-bond acceptors (Lipinski definition) is 7. The molecule has 0 bridgehead atoms. The third-order valence-corrected chi connectivity index (χ3v) is 5.07. The van der Waals surface area contributed by atoms with Crippen molar-refractivity contribution in [2.24, 2.45) is 0 Å². The van der Waals surface area contributed by atoms with E-state index in [0.29, 0.717) is 55.1 Å². The molecule has 1 amide bonds. The topological polar surface area (TPSA) is 75.7 Å². The van der Waals surface area contributed by atoms with E-state index in [4.69, 9.17) is 28.4 Å². The van der Waals surface area contributed by atoms with Crippen LogP contribution in [0.25, 0.3) is 0 Å². The van der Waals surface area contributed by atoms with Gasteiger partial charge in [-0.15, -0.1) is 0 Å². The van der Waals surface area contributed by atoms with Crippen LogP contribution in [-0.4, -0.2) is 71.7 Å². The molecule has 0 aliphatic carbocycles. The van der Waals surface area contributed by atoms with E-state index in [2.05, 4.69) is 0 Å². The minimum atomic E-state index is -0.220. The van der Waals surface area contributed by atoms with Gasteiger partial charge in [-0.2, -0.15) is 0 Å². The number of amides is 1. The molecule has 3 rings (SSSR count). The van der Waals surface area contributed by atoms with E-state index in [0.717, 1.165) is 5.56 Å². The fraction of sp³-hybridized carbons (Fsp3) is 0.435. The van der Waals surface area contributed by atoms with E-state index in [1.54, 1.807) is 45.5 Å². The molecule has 31 heavy (non-hydrogen) atoms. The predicted molar refractivity (Wildman–Crippen MR) is 115 cm³/mol. The number of carbonyl (C=O) groups excluding carboxylic acids is 1. The van der Waals surface area contributed by atoms with Gasteiger partial charge in [0.2, 0.25) is 11.7 Å². The second-order valence-corrected chi connectivity index (χ2v) is 7.00. The lowest BCUT2D eigenvalue weighted by Gasteiger charge is -2.33. The Morgan fingerprint density at radius 1 is 0.968 bits per heavy atom. The Morgan fingerprint density at radius 3 is 2.23 bits per heavy atom. The van der Waals surface area contributed by atoms with Gasteiger partial charge in [-0.1, -0.05) is 12.1 Å². The molecule has 168 valence electrons. The molecule has 8 nitrogen and oxygen atoms in total. The van der Waals surface area contributed by atoms with Gasteiger partial charge < -0.3 is 33.3 Å². The van der Waals surface area contributed by atoms with Gasteiger partial charge >= 0.3 is 0 Å². The van der Waals surface area contributed by atoms with Crippen molar-refractivity contribution in [2.45, 2.75) is 12.5 Å². The number of methoxy groups -OCH3 is 4. The lowest BCUT2D eigenvalue weighted by atomic mass is 10.1. The third kappa shape index (κ3) is 5.52. The number of nitrogens with zero attached hydrogens (tertiary/aromatic N) is 1. The summed E-state index contributed by atoms with van der Waals surface area (Å²) in [5.74, 6) is 2.86. The maximum absolute atomic E-state index is 12.9. The number of hydrogen-bond donors (Lipinski definition) is 0. The first-order valence-electron chi connectivity index (χ1n) is 10.0. The zero-order valence-corrected chi connectivity index (χ0v) is 18.4. The summed E-state index contributed by atoms with van der Waals surface area (Å²) in [6.45, 7) is 1.78. The largest absolute Gasteiger partial charge is 0.493 e.